The van der Waals surface area contributed by atoms with E-state index in [9.17, 15) is 14.0 Å². The van der Waals surface area contributed by atoms with Gasteiger partial charge in [0.25, 0.3) is 0 Å². The number of amides is 2. The molecule has 2 amide bonds. The van der Waals surface area contributed by atoms with Crippen LogP contribution in [0.15, 0.2) is 35.3 Å². The van der Waals surface area contributed by atoms with Crippen LogP contribution in [0.1, 0.15) is 24.5 Å². The van der Waals surface area contributed by atoms with E-state index in [1.807, 2.05) is 6.92 Å². The fourth-order valence-corrected chi connectivity index (χ4v) is 4.98. The minimum Gasteiger partial charge on any atom is -0.380 e. The molecule has 2 aliphatic carbocycles. The molecule has 0 spiro atoms. The van der Waals surface area contributed by atoms with E-state index in [0.29, 0.717) is 37.7 Å². The number of nitrogens with zero attached hydrogens (tertiary/aromatic N) is 2. The zero-order valence-electron chi connectivity index (χ0n) is 17.9. The average Bonchev–Trinajstić information content (AvgIpc) is 3.44. The third-order valence-corrected chi connectivity index (χ3v) is 6.36. The lowest BCUT2D eigenvalue weighted by atomic mass is 9.85. The molecule has 1 heterocycles. The number of aliphatic imine (C=N–C) groups is 1. The highest BCUT2D eigenvalue weighted by Crippen LogP contribution is 2.52. The van der Waals surface area contributed by atoms with Gasteiger partial charge in [0.05, 0.1) is 25.0 Å². The summed E-state index contributed by atoms with van der Waals surface area (Å²) < 4.78 is 18.8. The first kappa shape index (κ1) is 21.5. The Morgan fingerprint density at radius 1 is 1.19 bits per heavy atom. The number of likely N-dealkylation sites (tertiary alicyclic amines) is 1. The summed E-state index contributed by atoms with van der Waals surface area (Å²) in [6.07, 6.45) is 5.13. The van der Waals surface area contributed by atoms with E-state index in [4.69, 9.17) is 4.74 Å². The molecule has 2 bridgehead atoms. The van der Waals surface area contributed by atoms with Crippen LogP contribution >= 0.6 is 0 Å². The van der Waals surface area contributed by atoms with Crippen LogP contribution < -0.4 is 10.6 Å². The maximum Gasteiger partial charge on any atom is 0.233 e. The number of imide groups is 1. The van der Waals surface area contributed by atoms with Gasteiger partial charge in [0, 0.05) is 32.3 Å². The van der Waals surface area contributed by atoms with E-state index in [1.54, 1.807) is 12.1 Å². The largest absolute Gasteiger partial charge is 0.380 e. The molecule has 2 N–H and O–H groups in total. The van der Waals surface area contributed by atoms with Gasteiger partial charge in [-0.1, -0.05) is 18.2 Å². The van der Waals surface area contributed by atoms with E-state index in [-0.39, 0.29) is 47.9 Å². The highest BCUT2D eigenvalue weighted by molar-refractivity contribution is 6.06. The Morgan fingerprint density at radius 3 is 2.55 bits per heavy atom. The van der Waals surface area contributed by atoms with Gasteiger partial charge in [-0.25, -0.2) is 9.38 Å². The van der Waals surface area contributed by atoms with E-state index in [2.05, 4.69) is 27.8 Å². The summed E-state index contributed by atoms with van der Waals surface area (Å²) in [5.74, 6) is 0.339. The third-order valence-electron chi connectivity index (χ3n) is 6.36. The molecule has 31 heavy (non-hydrogen) atoms. The fraction of sp³-hybridized carbons (Fsp3) is 0.522. The lowest BCUT2D eigenvalue weighted by molar-refractivity contribution is -0.140. The van der Waals surface area contributed by atoms with Crippen molar-refractivity contribution in [3.05, 3.63) is 47.3 Å². The van der Waals surface area contributed by atoms with Crippen molar-refractivity contribution in [3.63, 3.8) is 0 Å². The standard InChI is InChI=1S/C23H29FN4O3/c1-3-25-23(27-12-14-4-7-18(24)17(10-14)13-31-2)26-8-9-28-21(29)19-15-5-6-16(11-15)20(19)22(28)30/h4-7,10,15-16,19-20H,3,8-9,11-13H2,1-2H3,(H2,25,26,27). The predicted molar refractivity (Wildman–Crippen MR) is 114 cm³/mol. The lowest BCUT2D eigenvalue weighted by Crippen LogP contribution is -2.43. The second-order valence-corrected chi connectivity index (χ2v) is 8.31. The molecule has 4 unspecified atom stereocenters. The molecule has 1 saturated heterocycles. The number of carbonyl (C=O) groups excluding carboxylic acids is 2. The first-order valence-electron chi connectivity index (χ1n) is 10.9. The average molecular weight is 429 g/mol. The SMILES string of the molecule is CCNC(=NCc1ccc(F)c(COC)c1)NCCN1C(=O)C2C3C=CC(C3)C2C1=O. The summed E-state index contributed by atoms with van der Waals surface area (Å²) in [5.41, 5.74) is 1.36. The number of halogens is 1. The minimum atomic E-state index is -0.298. The number of fused-ring (bicyclic) bond motifs is 5. The summed E-state index contributed by atoms with van der Waals surface area (Å²) in [6, 6.07) is 4.86. The molecule has 7 nitrogen and oxygen atoms in total. The molecule has 1 aromatic carbocycles. The van der Waals surface area contributed by atoms with Gasteiger partial charge in [0.1, 0.15) is 5.82 Å². The van der Waals surface area contributed by atoms with Crippen LogP contribution in [0.5, 0.6) is 0 Å². The van der Waals surface area contributed by atoms with Crippen LogP contribution in [0.3, 0.4) is 0 Å². The van der Waals surface area contributed by atoms with Gasteiger partial charge < -0.3 is 15.4 Å². The first-order valence-corrected chi connectivity index (χ1v) is 10.9. The normalized spacial score (nSPS) is 26.7. The molecule has 4 rings (SSSR count). The molecule has 1 aromatic rings. The number of carbonyl (C=O) groups is 2. The maximum absolute atomic E-state index is 13.8. The van der Waals surface area contributed by atoms with Crippen LogP contribution in [0.25, 0.3) is 0 Å². The van der Waals surface area contributed by atoms with Gasteiger partial charge in [-0.2, -0.15) is 0 Å². The second kappa shape index (κ2) is 9.18. The van der Waals surface area contributed by atoms with Crippen molar-refractivity contribution < 1.29 is 18.7 Å². The van der Waals surface area contributed by atoms with Gasteiger partial charge in [-0.05, 0) is 42.9 Å². The monoisotopic (exact) mass is 428 g/mol. The Balaban J connectivity index is 1.33. The van der Waals surface area contributed by atoms with Gasteiger partial charge in [-0.3, -0.25) is 14.5 Å². The Kier molecular flexibility index (Phi) is 6.36. The molecule has 4 atom stereocenters. The number of methoxy groups -OCH3 is 1. The molecule has 1 aliphatic heterocycles. The molecule has 166 valence electrons. The van der Waals surface area contributed by atoms with Crippen molar-refractivity contribution in [1.29, 1.82) is 0 Å². The fourth-order valence-electron chi connectivity index (χ4n) is 4.98. The van der Waals surface area contributed by atoms with Gasteiger partial charge in [0.2, 0.25) is 11.8 Å². The highest BCUT2D eigenvalue weighted by Gasteiger charge is 2.58. The molecular formula is C23H29FN4O3. The van der Waals surface area contributed by atoms with Crippen LogP contribution in [-0.4, -0.2) is 49.4 Å². The third kappa shape index (κ3) is 4.21. The summed E-state index contributed by atoms with van der Waals surface area (Å²) in [5, 5.41) is 6.35. The first-order chi connectivity index (χ1) is 15.0. The maximum atomic E-state index is 13.8. The Hall–Kier alpha value is -2.74. The quantitative estimate of drug-likeness (QED) is 0.286. The lowest BCUT2D eigenvalue weighted by Gasteiger charge is -2.18. The number of benzene rings is 1. The van der Waals surface area contributed by atoms with Crippen LogP contribution in [-0.2, 0) is 27.5 Å². The smallest absolute Gasteiger partial charge is 0.233 e. The Labute approximate surface area is 181 Å². The molecule has 0 aromatic heterocycles. The van der Waals surface area contributed by atoms with Gasteiger partial charge in [0.15, 0.2) is 5.96 Å². The van der Waals surface area contributed by atoms with Crippen LogP contribution in [0.2, 0.25) is 0 Å². The molecule has 0 radical (unpaired) electrons. The number of hydrogen-bond acceptors (Lipinski definition) is 4. The number of rotatable bonds is 8. The zero-order valence-corrected chi connectivity index (χ0v) is 17.9. The van der Waals surface area contributed by atoms with E-state index in [0.717, 1.165) is 12.0 Å². The van der Waals surface area contributed by atoms with Crippen molar-refractivity contribution in [3.8, 4) is 0 Å². The number of guanidine groups is 1. The molecule has 3 aliphatic rings. The van der Waals surface area contributed by atoms with Gasteiger partial charge >= 0.3 is 0 Å². The topological polar surface area (TPSA) is 83.0 Å². The van der Waals surface area contributed by atoms with E-state index < -0.39 is 0 Å². The summed E-state index contributed by atoms with van der Waals surface area (Å²) in [4.78, 5) is 31.5. The number of nitrogens with one attached hydrogen (secondary N) is 2. The summed E-state index contributed by atoms with van der Waals surface area (Å²) >= 11 is 0. The number of allylic oxidation sites excluding steroid dienone is 2. The van der Waals surface area contributed by atoms with Crippen LogP contribution in [0, 0.1) is 29.5 Å². The Bertz CT molecular complexity index is 886. The minimum absolute atomic E-state index is 0.0347. The van der Waals surface area contributed by atoms with Gasteiger partial charge in [-0.15, -0.1) is 0 Å². The summed E-state index contributed by atoms with van der Waals surface area (Å²) in [7, 11) is 1.53. The molecule has 8 heteroatoms. The highest BCUT2D eigenvalue weighted by atomic mass is 19.1. The molecular weight excluding hydrogens is 399 g/mol. The van der Waals surface area contributed by atoms with Crippen molar-refractivity contribution >= 4 is 17.8 Å². The molecule has 2 fully saturated rings. The zero-order chi connectivity index (χ0) is 22.0. The van der Waals surface area contributed by atoms with E-state index >= 15 is 0 Å². The van der Waals surface area contributed by atoms with E-state index in [1.165, 1.54) is 18.1 Å². The second-order valence-electron chi connectivity index (χ2n) is 8.31. The van der Waals surface area contributed by atoms with Crippen molar-refractivity contribution in [2.24, 2.45) is 28.7 Å². The number of hydrogen-bond donors (Lipinski definition) is 2. The van der Waals surface area contributed by atoms with Crippen molar-refractivity contribution in [2.45, 2.75) is 26.5 Å². The predicted octanol–water partition coefficient (Wildman–Crippen LogP) is 1.83. The van der Waals surface area contributed by atoms with Crippen molar-refractivity contribution in [1.82, 2.24) is 15.5 Å². The number of ether oxygens (including phenoxy) is 1. The van der Waals surface area contributed by atoms with Crippen molar-refractivity contribution in [2.75, 3.05) is 26.7 Å². The Morgan fingerprint density at radius 2 is 1.90 bits per heavy atom. The summed E-state index contributed by atoms with van der Waals surface area (Å²) in [6.45, 7) is 3.95. The molecule has 1 saturated carbocycles. The van der Waals surface area contributed by atoms with Crippen LogP contribution in [0.4, 0.5) is 4.39 Å².